The van der Waals surface area contributed by atoms with E-state index in [0.29, 0.717) is 38.4 Å². The van der Waals surface area contributed by atoms with Crippen LogP contribution in [0, 0.1) is 5.92 Å². The van der Waals surface area contributed by atoms with Crippen molar-refractivity contribution in [1.82, 2.24) is 10.2 Å². The molecule has 3 N–H and O–H groups in total. The molecule has 0 aromatic rings. The highest BCUT2D eigenvalue weighted by Crippen LogP contribution is 2.23. The molecular weight excluding hydrogens is 283 g/mol. The first kappa shape index (κ1) is 18.2. The van der Waals surface area contributed by atoms with Crippen molar-refractivity contribution in [2.45, 2.75) is 51.2 Å². The van der Waals surface area contributed by atoms with Gasteiger partial charge in [0.05, 0.1) is 6.54 Å². The van der Waals surface area contributed by atoms with E-state index in [1.54, 1.807) is 0 Å². The van der Waals surface area contributed by atoms with Crippen LogP contribution in [0.25, 0.3) is 0 Å². The fraction of sp³-hybridized carbons (Fsp3) is 0.929. The quantitative estimate of drug-likeness (QED) is 0.755. The molecule has 124 valence electrons. The van der Waals surface area contributed by atoms with E-state index in [4.69, 9.17) is 5.73 Å². The number of nitrogens with one attached hydrogen (secondary N) is 1. The van der Waals surface area contributed by atoms with E-state index in [2.05, 4.69) is 5.32 Å². The number of alkyl halides is 3. The molecule has 1 saturated heterocycles. The standard InChI is InChI=1S/C14H26F3N3O/c1-11(18)2-3-13(21)19-7-4-12-5-8-20(9-6-12)10-14(15,16)17/h11-12H,2-10,18H2,1H3,(H,19,21). The van der Waals surface area contributed by atoms with Gasteiger partial charge in [0.2, 0.25) is 5.91 Å². The molecule has 1 unspecified atom stereocenters. The maximum absolute atomic E-state index is 12.3. The Hall–Kier alpha value is -0.820. The van der Waals surface area contributed by atoms with Crippen molar-refractivity contribution in [3.8, 4) is 0 Å². The number of carbonyl (C=O) groups excluding carboxylic acids is 1. The average Bonchev–Trinajstić information content (AvgIpc) is 2.37. The topological polar surface area (TPSA) is 58.4 Å². The third-order valence-electron chi connectivity index (χ3n) is 3.81. The van der Waals surface area contributed by atoms with Crippen molar-refractivity contribution in [2.75, 3.05) is 26.2 Å². The number of hydrogen-bond donors (Lipinski definition) is 2. The molecule has 1 fully saturated rings. The van der Waals surface area contributed by atoms with Gasteiger partial charge in [-0.05, 0) is 51.6 Å². The van der Waals surface area contributed by atoms with Gasteiger partial charge >= 0.3 is 6.18 Å². The molecule has 0 saturated carbocycles. The predicted molar refractivity (Wildman–Crippen MR) is 75.7 cm³/mol. The van der Waals surface area contributed by atoms with Crippen molar-refractivity contribution in [1.29, 1.82) is 0 Å². The van der Waals surface area contributed by atoms with Gasteiger partial charge in [0.15, 0.2) is 0 Å². The number of amides is 1. The number of nitrogens with zero attached hydrogens (tertiary/aromatic N) is 1. The zero-order chi connectivity index (χ0) is 15.9. The lowest BCUT2D eigenvalue weighted by atomic mass is 9.93. The van der Waals surface area contributed by atoms with Crippen molar-refractivity contribution >= 4 is 5.91 Å². The molecule has 1 rings (SSSR count). The Labute approximate surface area is 124 Å². The third kappa shape index (κ3) is 8.93. The summed E-state index contributed by atoms with van der Waals surface area (Å²) in [5.41, 5.74) is 5.58. The Kier molecular flexibility index (Phi) is 7.45. The summed E-state index contributed by atoms with van der Waals surface area (Å²) in [6.07, 6.45) is -0.633. The molecule has 0 aromatic heterocycles. The number of likely N-dealkylation sites (tertiary alicyclic amines) is 1. The summed E-state index contributed by atoms with van der Waals surface area (Å²) in [4.78, 5) is 13.0. The van der Waals surface area contributed by atoms with Crippen LogP contribution < -0.4 is 11.1 Å². The Balaban J connectivity index is 2.09. The van der Waals surface area contributed by atoms with Crippen LogP contribution in [-0.2, 0) is 4.79 Å². The number of nitrogens with two attached hydrogens (primary N) is 1. The Morgan fingerprint density at radius 2 is 2.00 bits per heavy atom. The summed E-state index contributed by atoms with van der Waals surface area (Å²) in [5.74, 6) is 0.407. The first-order valence-corrected chi connectivity index (χ1v) is 7.57. The van der Waals surface area contributed by atoms with Crippen molar-refractivity contribution in [3.63, 3.8) is 0 Å². The molecule has 1 aliphatic rings. The highest BCUT2D eigenvalue weighted by atomic mass is 19.4. The van der Waals surface area contributed by atoms with Crippen molar-refractivity contribution in [2.24, 2.45) is 11.7 Å². The summed E-state index contributed by atoms with van der Waals surface area (Å²) in [6.45, 7) is 2.63. The van der Waals surface area contributed by atoms with Crippen LogP contribution in [0.15, 0.2) is 0 Å². The third-order valence-corrected chi connectivity index (χ3v) is 3.81. The van der Waals surface area contributed by atoms with Crippen molar-refractivity contribution < 1.29 is 18.0 Å². The van der Waals surface area contributed by atoms with Crippen LogP contribution in [0.4, 0.5) is 13.2 Å². The predicted octanol–water partition coefficient (Wildman–Crippen LogP) is 1.89. The van der Waals surface area contributed by atoms with Gasteiger partial charge in [0.1, 0.15) is 0 Å². The normalized spacial score (nSPS) is 19.5. The molecule has 0 bridgehead atoms. The summed E-state index contributed by atoms with van der Waals surface area (Å²) in [7, 11) is 0. The molecule has 7 heteroatoms. The van der Waals surface area contributed by atoms with E-state index in [0.717, 1.165) is 19.3 Å². The van der Waals surface area contributed by atoms with Crippen molar-refractivity contribution in [3.05, 3.63) is 0 Å². The van der Waals surface area contributed by atoms with E-state index in [1.165, 1.54) is 4.90 Å². The van der Waals surface area contributed by atoms with E-state index < -0.39 is 12.7 Å². The van der Waals surface area contributed by atoms with E-state index >= 15 is 0 Å². The van der Waals surface area contributed by atoms with E-state index in [-0.39, 0.29) is 11.9 Å². The largest absolute Gasteiger partial charge is 0.401 e. The highest BCUT2D eigenvalue weighted by Gasteiger charge is 2.32. The fourth-order valence-electron chi connectivity index (χ4n) is 2.55. The minimum atomic E-state index is -4.11. The summed E-state index contributed by atoms with van der Waals surface area (Å²) in [5, 5.41) is 2.85. The molecule has 1 atom stereocenters. The molecule has 0 aliphatic carbocycles. The van der Waals surface area contributed by atoms with E-state index in [1.807, 2.05) is 6.92 Å². The fourth-order valence-corrected chi connectivity index (χ4v) is 2.55. The first-order chi connectivity index (χ1) is 9.76. The smallest absolute Gasteiger partial charge is 0.356 e. The Morgan fingerprint density at radius 1 is 1.38 bits per heavy atom. The first-order valence-electron chi connectivity index (χ1n) is 7.57. The molecule has 1 amide bonds. The second-order valence-electron chi connectivity index (χ2n) is 5.99. The maximum Gasteiger partial charge on any atom is 0.401 e. The van der Waals surface area contributed by atoms with Gasteiger partial charge in [-0.25, -0.2) is 0 Å². The minimum Gasteiger partial charge on any atom is -0.356 e. The van der Waals surface area contributed by atoms with Crippen LogP contribution in [-0.4, -0.2) is 49.2 Å². The van der Waals surface area contributed by atoms with Crippen LogP contribution in [0.2, 0.25) is 0 Å². The van der Waals surface area contributed by atoms with Crippen LogP contribution in [0.5, 0.6) is 0 Å². The molecular formula is C14H26F3N3O. The minimum absolute atomic E-state index is 0.00167. The molecule has 4 nitrogen and oxygen atoms in total. The van der Waals surface area contributed by atoms with Gasteiger partial charge in [-0.2, -0.15) is 13.2 Å². The van der Waals surface area contributed by atoms with Gasteiger partial charge in [-0.3, -0.25) is 9.69 Å². The van der Waals surface area contributed by atoms with Gasteiger partial charge in [-0.1, -0.05) is 0 Å². The second-order valence-corrected chi connectivity index (χ2v) is 5.99. The zero-order valence-corrected chi connectivity index (χ0v) is 12.6. The monoisotopic (exact) mass is 309 g/mol. The number of piperidine rings is 1. The Morgan fingerprint density at radius 3 is 2.52 bits per heavy atom. The molecule has 0 spiro atoms. The lowest BCUT2D eigenvalue weighted by Crippen LogP contribution is -2.40. The molecule has 0 aromatic carbocycles. The van der Waals surface area contributed by atoms with Gasteiger partial charge in [0.25, 0.3) is 0 Å². The summed E-state index contributed by atoms with van der Waals surface area (Å²) >= 11 is 0. The number of rotatable bonds is 7. The van der Waals surface area contributed by atoms with Gasteiger partial charge in [-0.15, -0.1) is 0 Å². The zero-order valence-electron chi connectivity index (χ0n) is 12.6. The molecule has 1 aliphatic heterocycles. The molecule has 1 heterocycles. The van der Waals surface area contributed by atoms with Crippen LogP contribution in [0.3, 0.4) is 0 Å². The number of hydrogen-bond acceptors (Lipinski definition) is 3. The summed E-state index contributed by atoms with van der Waals surface area (Å²) < 4.78 is 36.8. The maximum atomic E-state index is 12.3. The SMILES string of the molecule is CC(N)CCC(=O)NCCC1CCN(CC(F)(F)F)CC1. The molecule has 0 radical (unpaired) electrons. The average molecular weight is 309 g/mol. The van der Waals surface area contributed by atoms with Gasteiger partial charge in [0, 0.05) is 19.0 Å². The van der Waals surface area contributed by atoms with Gasteiger partial charge < -0.3 is 11.1 Å². The van der Waals surface area contributed by atoms with Crippen LogP contribution in [0.1, 0.15) is 39.0 Å². The lowest BCUT2D eigenvalue weighted by Gasteiger charge is -2.32. The Bertz CT molecular complexity index is 313. The second kappa shape index (κ2) is 8.58. The lowest BCUT2D eigenvalue weighted by molar-refractivity contribution is -0.148. The number of carbonyl (C=O) groups is 1. The highest BCUT2D eigenvalue weighted by molar-refractivity contribution is 5.75. The van der Waals surface area contributed by atoms with Crippen LogP contribution >= 0.6 is 0 Å². The summed E-state index contributed by atoms with van der Waals surface area (Å²) in [6, 6.07) is 0.0220. The van der Waals surface area contributed by atoms with E-state index in [9.17, 15) is 18.0 Å². The molecule has 21 heavy (non-hydrogen) atoms. The number of halogens is 3.